The molecule has 0 radical (unpaired) electrons. The zero-order chi connectivity index (χ0) is 13.8. The maximum Gasteiger partial charge on any atom is 0.321 e. The van der Waals surface area contributed by atoms with Crippen molar-refractivity contribution < 1.29 is 9.53 Å². The number of nitrogens with one attached hydrogen (secondary N) is 1. The van der Waals surface area contributed by atoms with Crippen molar-refractivity contribution in [2.24, 2.45) is 5.73 Å². The number of benzene rings is 1. The average molecular weight is 263 g/mol. The van der Waals surface area contributed by atoms with Gasteiger partial charge in [0.1, 0.15) is 5.75 Å². The van der Waals surface area contributed by atoms with Gasteiger partial charge in [0.25, 0.3) is 0 Å². The Hall–Kier alpha value is -1.75. The van der Waals surface area contributed by atoms with Gasteiger partial charge in [0, 0.05) is 30.9 Å². The Labute approximate surface area is 113 Å². The van der Waals surface area contributed by atoms with Gasteiger partial charge in [0.2, 0.25) is 0 Å². The van der Waals surface area contributed by atoms with Crippen molar-refractivity contribution in [1.82, 2.24) is 4.90 Å². The number of carbonyl (C=O) groups excluding carboxylic acids is 1. The van der Waals surface area contributed by atoms with Crippen molar-refractivity contribution in [2.45, 2.75) is 25.8 Å². The van der Waals surface area contributed by atoms with Gasteiger partial charge in [0.05, 0.1) is 7.11 Å². The van der Waals surface area contributed by atoms with E-state index in [2.05, 4.69) is 5.32 Å². The summed E-state index contributed by atoms with van der Waals surface area (Å²) in [6.45, 7) is 3.35. The lowest BCUT2D eigenvalue weighted by Crippen LogP contribution is -2.47. The van der Waals surface area contributed by atoms with Crippen LogP contribution in [0.2, 0.25) is 0 Å². The summed E-state index contributed by atoms with van der Waals surface area (Å²) in [6.07, 6.45) is 1.95. The number of nitrogens with zero attached hydrogens (tertiary/aromatic N) is 1. The molecule has 0 bridgehead atoms. The van der Waals surface area contributed by atoms with Crippen LogP contribution in [0.4, 0.5) is 10.5 Å². The molecule has 2 amide bonds. The lowest BCUT2D eigenvalue weighted by atomic mass is 10.1. The molecule has 1 heterocycles. The number of hydrogen-bond acceptors (Lipinski definition) is 3. The molecule has 1 aromatic carbocycles. The van der Waals surface area contributed by atoms with Crippen molar-refractivity contribution in [1.29, 1.82) is 0 Å². The van der Waals surface area contributed by atoms with Gasteiger partial charge in [-0.05, 0) is 31.4 Å². The van der Waals surface area contributed by atoms with Gasteiger partial charge in [-0.3, -0.25) is 0 Å². The highest BCUT2D eigenvalue weighted by Crippen LogP contribution is 2.22. The van der Waals surface area contributed by atoms with E-state index in [9.17, 15) is 4.79 Å². The molecule has 0 saturated carbocycles. The van der Waals surface area contributed by atoms with Crippen LogP contribution >= 0.6 is 0 Å². The van der Waals surface area contributed by atoms with Gasteiger partial charge in [0.15, 0.2) is 0 Å². The minimum Gasteiger partial charge on any atom is -0.496 e. The van der Waals surface area contributed by atoms with E-state index in [0.717, 1.165) is 36.4 Å². The maximum absolute atomic E-state index is 12.1. The molecular weight excluding hydrogens is 242 g/mol. The minimum atomic E-state index is -0.0962. The van der Waals surface area contributed by atoms with Crippen LogP contribution in [0, 0.1) is 6.92 Å². The van der Waals surface area contributed by atoms with Crippen LogP contribution in [0.1, 0.15) is 18.4 Å². The van der Waals surface area contributed by atoms with E-state index < -0.39 is 0 Å². The normalized spacial score (nSPS) is 19.1. The fourth-order valence-electron chi connectivity index (χ4n) is 2.29. The molecule has 0 unspecified atom stereocenters. The Morgan fingerprint density at radius 1 is 1.53 bits per heavy atom. The lowest BCUT2D eigenvalue weighted by Gasteiger charge is -2.30. The van der Waals surface area contributed by atoms with Crippen molar-refractivity contribution in [3.63, 3.8) is 0 Å². The number of urea groups is 1. The van der Waals surface area contributed by atoms with Crippen LogP contribution in [-0.4, -0.2) is 37.2 Å². The maximum atomic E-state index is 12.1. The molecule has 3 N–H and O–H groups in total. The molecule has 0 aromatic heterocycles. The molecule has 1 aromatic rings. The highest BCUT2D eigenvalue weighted by atomic mass is 16.5. The first-order valence-electron chi connectivity index (χ1n) is 6.56. The van der Waals surface area contributed by atoms with E-state index in [1.807, 2.05) is 25.1 Å². The van der Waals surface area contributed by atoms with Crippen molar-refractivity contribution in [3.05, 3.63) is 23.8 Å². The van der Waals surface area contributed by atoms with Crippen molar-refractivity contribution >= 4 is 11.7 Å². The number of anilines is 1. The molecule has 1 aliphatic heterocycles. The first-order chi connectivity index (χ1) is 9.10. The Morgan fingerprint density at radius 2 is 2.32 bits per heavy atom. The summed E-state index contributed by atoms with van der Waals surface area (Å²) in [4.78, 5) is 13.9. The molecule has 5 heteroatoms. The van der Waals surface area contributed by atoms with E-state index in [-0.39, 0.29) is 12.1 Å². The van der Waals surface area contributed by atoms with Crippen LogP contribution in [0.25, 0.3) is 0 Å². The molecule has 0 spiro atoms. The van der Waals surface area contributed by atoms with Crippen LogP contribution in [0.15, 0.2) is 18.2 Å². The minimum absolute atomic E-state index is 0.0899. The molecule has 0 aliphatic carbocycles. The Balaban J connectivity index is 2.02. The van der Waals surface area contributed by atoms with Crippen molar-refractivity contribution in [3.8, 4) is 5.75 Å². The summed E-state index contributed by atoms with van der Waals surface area (Å²) in [6, 6.07) is 5.63. The number of aryl methyl sites for hydroxylation is 1. The summed E-state index contributed by atoms with van der Waals surface area (Å²) >= 11 is 0. The first kappa shape index (κ1) is 13.7. The predicted octanol–water partition coefficient (Wildman–Crippen LogP) is 1.96. The summed E-state index contributed by atoms with van der Waals surface area (Å²) in [5, 5.41) is 2.89. The number of hydrogen-bond donors (Lipinski definition) is 2. The average Bonchev–Trinajstić information content (AvgIpc) is 2.41. The molecule has 1 fully saturated rings. The van der Waals surface area contributed by atoms with Gasteiger partial charge in [-0.15, -0.1) is 0 Å². The third-order valence-electron chi connectivity index (χ3n) is 3.40. The zero-order valence-electron chi connectivity index (χ0n) is 11.5. The number of piperidine rings is 1. The van der Waals surface area contributed by atoms with E-state index in [0.29, 0.717) is 6.54 Å². The number of nitrogens with two attached hydrogens (primary N) is 1. The topological polar surface area (TPSA) is 67.6 Å². The van der Waals surface area contributed by atoms with Crippen LogP contribution < -0.4 is 15.8 Å². The smallest absolute Gasteiger partial charge is 0.321 e. The summed E-state index contributed by atoms with van der Waals surface area (Å²) < 4.78 is 5.24. The summed E-state index contributed by atoms with van der Waals surface area (Å²) in [7, 11) is 1.62. The predicted molar refractivity (Wildman–Crippen MR) is 75.5 cm³/mol. The molecule has 19 heavy (non-hydrogen) atoms. The number of ether oxygens (including phenoxy) is 1. The third kappa shape index (κ3) is 3.38. The van der Waals surface area contributed by atoms with Gasteiger partial charge in [-0.25, -0.2) is 4.79 Å². The van der Waals surface area contributed by atoms with Gasteiger partial charge >= 0.3 is 6.03 Å². The molecule has 1 atom stereocenters. The Morgan fingerprint density at radius 3 is 3.00 bits per heavy atom. The number of likely N-dealkylation sites (tertiary alicyclic amines) is 1. The SMILES string of the molecule is COc1cc(NC(=O)N2CCC[C@H](N)C2)ccc1C. The van der Waals surface area contributed by atoms with Crippen LogP contribution in [0.3, 0.4) is 0 Å². The fraction of sp³-hybridized carbons (Fsp3) is 0.500. The standard InChI is InChI=1S/C14H21N3O2/c1-10-5-6-12(8-13(10)19-2)16-14(18)17-7-3-4-11(15)9-17/h5-6,8,11H,3-4,7,9,15H2,1-2H3,(H,16,18)/t11-/m0/s1. The largest absolute Gasteiger partial charge is 0.496 e. The highest BCUT2D eigenvalue weighted by molar-refractivity contribution is 5.89. The highest BCUT2D eigenvalue weighted by Gasteiger charge is 2.21. The quantitative estimate of drug-likeness (QED) is 0.857. The van der Waals surface area contributed by atoms with E-state index in [4.69, 9.17) is 10.5 Å². The number of rotatable bonds is 2. The summed E-state index contributed by atoms with van der Waals surface area (Å²) in [5.41, 5.74) is 7.66. The Bertz CT molecular complexity index is 462. The fourth-order valence-corrected chi connectivity index (χ4v) is 2.29. The molecule has 104 valence electrons. The molecule has 1 saturated heterocycles. The van der Waals surface area contributed by atoms with Gasteiger partial charge in [-0.2, -0.15) is 0 Å². The lowest BCUT2D eigenvalue weighted by molar-refractivity contribution is 0.193. The van der Waals surface area contributed by atoms with Crippen LogP contribution in [0.5, 0.6) is 5.75 Å². The second kappa shape index (κ2) is 5.93. The van der Waals surface area contributed by atoms with E-state index in [1.54, 1.807) is 12.0 Å². The zero-order valence-corrected chi connectivity index (χ0v) is 11.5. The number of methoxy groups -OCH3 is 1. The first-order valence-corrected chi connectivity index (χ1v) is 6.56. The number of amides is 2. The van der Waals surface area contributed by atoms with Gasteiger partial charge in [-0.1, -0.05) is 6.07 Å². The number of carbonyl (C=O) groups is 1. The molecular formula is C14H21N3O2. The Kier molecular flexibility index (Phi) is 4.27. The van der Waals surface area contributed by atoms with Gasteiger partial charge < -0.3 is 20.7 Å². The van der Waals surface area contributed by atoms with E-state index in [1.165, 1.54) is 0 Å². The second-order valence-electron chi connectivity index (χ2n) is 4.96. The molecule has 5 nitrogen and oxygen atoms in total. The summed E-state index contributed by atoms with van der Waals surface area (Å²) in [5.74, 6) is 0.771. The second-order valence-corrected chi connectivity index (χ2v) is 4.96. The third-order valence-corrected chi connectivity index (χ3v) is 3.40. The molecule has 1 aliphatic rings. The monoisotopic (exact) mass is 263 g/mol. The van der Waals surface area contributed by atoms with Crippen molar-refractivity contribution in [2.75, 3.05) is 25.5 Å². The van der Waals surface area contributed by atoms with Crippen LogP contribution in [-0.2, 0) is 0 Å². The molecule has 2 rings (SSSR count). The van der Waals surface area contributed by atoms with E-state index >= 15 is 0 Å².